The molecule has 102 valence electrons. The molecule has 3 nitrogen and oxygen atoms in total. The summed E-state index contributed by atoms with van der Waals surface area (Å²) in [5, 5.41) is 4.69. The van der Waals surface area contributed by atoms with E-state index in [1.165, 1.54) is 0 Å². The summed E-state index contributed by atoms with van der Waals surface area (Å²) in [6, 6.07) is 7.49. The highest BCUT2D eigenvalue weighted by molar-refractivity contribution is 6.35. The highest BCUT2D eigenvalue weighted by Gasteiger charge is 2.17. The lowest BCUT2D eigenvalue weighted by atomic mass is 10.2. The number of carbonyl (C=O) groups excluding carboxylic acids is 1. The first-order valence-corrected chi connectivity index (χ1v) is 7.05. The fourth-order valence-electron chi connectivity index (χ4n) is 2.16. The molecule has 0 radical (unpaired) electrons. The molecule has 1 unspecified atom stereocenters. The molecule has 1 atom stereocenters. The van der Waals surface area contributed by atoms with Crippen molar-refractivity contribution in [3.63, 3.8) is 0 Å². The zero-order valence-corrected chi connectivity index (χ0v) is 12.1. The molecule has 0 bridgehead atoms. The van der Waals surface area contributed by atoms with Gasteiger partial charge in [-0.15, -0.1) is 0 Å². The zero-order valence-electron chi connectivity index (χ0n) is 11.3. The van der Waals surface area contributed by atoms with Gasteiger partial charge in [0.05, 0.1) is 10.5 Å². The van der Waals surface area contributed by atoms with Gasteiger partial charge in [-0.05, 0) is 25.5 Å². The van der Waals surface area contributed by atoms with Crippen molar-refractivity contribution in [2.24, 2.45) is 0 Å². The van der Waals surface area contributed by atoms with Crippen molar-refractivity contribution in [3.8, 4) is 0 Å². The van der Waals surface area contributed by atoms with Crippen LogP contribution in [0.15, 0.2) is 30.5 Å². The number of nitrogens with zero attached hydrogens (tertiary/aromatic N) is 1. The van der Waals surface area contributed by atoms with Crippen molar-refractivity contribution < 1.29 is 4.79 Å². The molecule has 1 aromatic heterocycles. The Morgan fingerprint density at radius 2 is 2.21 bits per heavy atom. The lowest BCUT2D eigenvalue weighted by Gasteiger charge is -2.15. The predicted molar refractivity (Wildman–Crippen MR) is 79.6 cm³/mol. The third kappa shape index (κ3) is 2.92. The van der Waals surface area contributed by atoms with Crippen LogP contribution in [0.5, 0.6) is 0 Å². The Bertz CT molecular complexity index is 577. The zero-order chi connectivity index (χ0) is 13.8. The Morgan fingerprint density at radius 1 is 1.42 bits per heavy atom. The second-order valence-electron chi connectivity index (χ2n) is 4.72. The standard InChI is InChI=1S/C15H19ClN2O/c1-3-4-9-17-15(19)11(2)18-10-8-12-6-5-7-13(16)14(12)18/h5-8,10-11H,3-4,9H2,1-2H3,(H,17,19). The van der Waals surface area contributed by atoms with Crippen LogP contribution in [0.4, 0.5) is 0 Å². The lowest BCUT2D eigenvalue weighted by molar-refractivity contribution is -0.123. The van der Waals surface area contributed by atoms with Crippen LogP contribution in [-0.2, 0) is 4.79 Å². The number of para-hydroxylation sites is 1. The number of amides is 1. The SMILES string of the molecule is CCCCNC(=O)C(C)n1ccc2cccc(Cl)c21. The molecule has 1 N–H and O–H groups in total. The number of fused-ring (bicyclic) bond motifs is 1. The van der Waals surface area contributed by atoms with Gasteiger partial charge in [0.2, 0.25) is 5.91 Å². The average Bonchev–Trinajstić information content (AvgIpc) is 2.83. The van der Waals surface area contributed by atoms with Gasteiger partial charge in [0.25, 0.3) is 0 Å². The second-order valence-corrected chi connectivity index (χ2v) is 5.13. The number of unbranched alkanes of at least 4 members (excludes halogenated alkanes) is 1. The molecule has 19 heavy (non-hydrogen) atoms. The Morgan fingerprint density at radius 3 is 2.95 bits per heavy atom. The number of hydrogen-bond donors (Lipinski definition) is 1. The molecule has 0 aliphatic rings. The number of rotatable bonds is 5. The molecule has 0 spiro atoms. The Kier molecular flexibility index (Phi) is 4.48. The van der Waals surface area contributed by atoms with Crippen LogP contribution in [0.3, 0.4) is 0 Å². The topological polar surface area (TPSA) is 34.0 Å². The maximum absolute atomic E-state index is 12.1. The highest BCUT2D eigenvalue weighted by atomic mass is 35.5. The van der Waals surface area contributed by atoms with Crippen LogP contribution >= 0.6 is 11.6 Å². The van der Waals surface area contributed by atoms with Crippen molar-refractivity contribution in [2.45, 2.75) is 32.7 Å². The second kappa shape index (κ2) is 6.11. The van der Waals surface area contributed by atoms with Crippen molar-refractivity contribution in [3.05, 3.63) is 35.5 Å². The number of aromatic nitrogens is 1. The number of carbonyl (C=O) groups is 1. The van der Waals surface area contributed by atoms with Gasteiger partial charge >= 0.3 is 0 Å². The number of halogens is 1. The fourth-order valence-corrected chi connectivity index (χ4v) is 2.44. The minimum atomic E-state index is -0.255. The van der Waals surface area contributed by atoms with Gasteiger partial charge in [0, 0.05) is 18.1 Å². The quantitative estimate of drug-likeness (QED) is 0.830. The molecule has 2 rings (SSSR count). The average molecular weight is 279 g/mol. The minimum Gasteiger partial charge on any atom is -0.354 e. The molecular formula is C15H19ClN2O. The molecule has 0 saturated carbocycles. The van der Waals surface area contributed by atoms with Gasteiger partial charge in [0.1, 0.15) is 6.04 Å². The summed E-state index contributed by atoms with van der Waals surface area (Å²) in [6.07, 6.45) is 4.00. The molecule has 4 heteroatoms. The third-order valence-corrected chi connectivity index (χ3v) is 3.62. The first-order valence-electron chi connectivity index (χ1n) is 6.68. The molecule has 0 fully saturated rings. The summed E-state index contributed by atoms with van der Waals surface area (Å²) in [4.78, 5) is 12.1. The van der Waals surface area contributed by atoms with Gasteiger partial charge in [0.15, 0.2) is 0 Å². The van der Waals surface area contributed by atoms with Crippen LogP contribution < -0.4 is 5.32 Å². The van der Waals surface area contributed by atoms with Crippen LogP contribution in [0.25, 0.3) is 10.9 Å². The van der Waals surface area contributed by atoms with Crippen molar-refractivity contribution in [1.29, 1.82) is 0 Å². The van der Waals surface area contributed by atoms with E-state index in [-0.39, 0.29) is 11.9 Å². The van der Waals surface area contributed by atoms with Crippen molar-refractivity contribution >= 4 is 28.4 Å². The van der Waals surface area contributed by atoms with Crippen LogP contribution in [0.1, 0.15) is 32.7 Å². The summed E-state index contributed by atoms with van der Waals surface area (Å²) >= 11 is 6.23. The lowest BCUT2D eigenvalue weighted by Crippen LogP contribution is -2.31. The molecule has 1 heterocycles. The fraction of sp³-hybridized carbons (Fsp3) is 0.400. The van der Waals surface area contributed by atoms with E-state index < -0.39 is 0 Å². The largest absolute Gasteiger partial charge is 0.354 e. The molecule has 0 aliphatic carbocycles. The van der Waals surface area contributed by atoms with Gasteiger partial charge in [-0.3, -0.25) is 4.79 Å². The van der Waals surface area contributed by atoms with E-state index in [1.54, 1.807) is 0 Å². The van der Waals surface area contributed by atoms with Gasteiger partial charge in [-0.25, -0.2) is 0 Å². The Labute approximate surface area is 118 Å². The summed E-state index contributed by atoms with van der Waals surface area (Å²) in [5.74, 6) is 0.0332. The van der Waals surface area contributed by atoms with Crippen LogP contribution in [-0.4, -0.2) is 17.0 Å². The van der Waals surface area contributed by atoms with E-state index in [1.807, 2.05) is 42.0 Å². The summed E-state index contributed by atoms with van der Waals surface area (Å²) in [7, 11) is 0. The first-order chi connectivity index (χ1) is 9.15. The number of hydrogen-bond acceptors (Lipinski definition) is 1. The van der Waals surface area contributed by atoms with Gasteiger partial charge < -0.3 is 9.88 Å². The summed E-state index contributed by atoms with van der Waals surface area (Å²) < 4.78 is 1.93. The first kappa shape index (κ1) is 13.9. The Balaban J connectivity index is 2.21. The minimum absolute atomic E-state index is 0.0332. The summed E-state index contributed by atoms with van der Waals surface area (Å²) in [6.45, 7) is 4.73. The predicted octanol–water partition coefficient (Wildman–Crippen LogP) is 3.77. The highest BCUT2D eigenvalue weighted by Crippen LogP contribution is 2.27. The normalized spacial score (nSPS) is 12.6. The van der Waals surface area contributed by atoms with E-state index in [0.29, 0.717) is 5.02 Å². The smallest absolute Gasteiger partial charge is 0.242 e. The van der Waals surface area contributed by atoms with Crippen molar-refractivity contribution in [2.75, 3.05) is 6.54 Å². The molecule has 1 amide bonds. The maximum Gasteiger partial charge on any atom is 0.242 e. The number of nitrogens with one attached hydrogen (secondary N) is 1. The molecule has 0 saturated heterocycles. The van der Waals surface area contributed by atoms with Crippen LogP contribution in [0, 0.1) is 0 Å². The van der Waals surface area contributed by atoms with Gasteiger partial charge in [-0.1, -0.05) is 37.1 Å². The number of benzene rings is 1. The third-order valence-electron chi connectivity index (χ3n) is 3.32. The monoisotopic (exact) mass is 278 g/mol. The van der Waals surface area contributed by atoms with E-state index in [0.717, 1.165) is 30.3 Å². The summed E-state index contributed by atoms with van der Waals surface area (Å²) in [5.41, 5.74) is 0.919. The van der Waals surface area contributed by atoms with Crippen molar-refractivity contribution in [1.82, 2.24) is 9.88 Å². The maximum atomic E-state index is 12.1. The van der Waals surface area contributed by atoms with E-state index in [4.69, 9.17) is 11.6 Å². The van der Waals surface area contributed by atoms with E-state index >= 15 is 0 Å². The molecular weight excluding hydrogens is 260 g/mol. The van der Waals surface area contributed by atoms with E-state index in [2.05, 4.69) is 12.2 Å². The molecule has 2 aromatic rings. The Hall–Kier alpha value is -1.48. The van der Waals surface area contributed by atoms with E-state index in [9.17, 15) is 4.79 Å². The molecule has 0 aliphatic heterocycles. The van der Waals surface area contributed by atoms with Gasteiger partial charge in [-0.2, -0.15) is 0 Å². The molecule has 1 aromatic carbocycles. The van der Waals surface area contributed by atoms with Crippen LogP contribution in [0.2, 0.25) is 5.02 Å².